The van der Waals surface area contributed by atoms with Gasteiger partial charge in [0, 0.05) is 19.6 Å². The zero-order valence-corrected chi connectivity index (χ0v) is 11.1. The van der Waals surface area contributed by atoms with Crippen LogP contribution in [0.5, 0.6) is 0 Å². The van der Waals surface area contributed by atoms with Gasteiger partial charge in [-0.05, 0) is 37.4 Å². The number of hydrogen-bond donors (Lipinski definition) is 1. The molecule has 1 fully saturated rings. The second-order valence-electron chi connectivity index (χ2n) is 5.26. The topological polar surface area (TPSA) is 36.9 Å². The summed E-state index contributed by atoms with van der Waals surface area (Å²) in [7, 11) is 0. The minimum atomic E-state index is 0.379. The van der Waals surface area contributed by atoms with E-state index in [1.54, 1.807) is 0 Å². The maximum atomic E-state index is 5.22. The van der Waals surface area contributed by atoms with Crippen LogP contribution in [0.1, 0.15) is 33.6 Å². The van der Waals surface area contributed by atoms with E-state index in [0.29, 0.717) is 5.41 Å². The number of rotatable bonds is 2. The van der Waals surface area contributed by atoms with Crippen molar-refractivity contribution in [2.45, 2.75) is 40.2 Å². The smallest absolute Gasteiger partial charge is 0.225 e. The number of aromatic nitrogens is 3. The average molecular weight is 240 g/mol. The maximum Gasteiger partial charge on any atom is 0.225 e. The molecule has 0 radical (unpaired) electrons. The lowest BCUT2D eigenvalue weighted by Crippen LogP contribution is -2.41. The van der Waals surface area contributed by atoms with Gasteiger partial charge in [-0.2, -0.15) is 0 Å². The van der Waals surface area contributed by atoms with Crippen LogP contribution in [0.3, 0.4) is 0 Å². The van der Waals surface area contributed by atoms with E-state index in [2.05, 4.69) is 40.4 Å². The van der Waals surface area contributed by atoms with Gasteiger partial charge in [0.15, 0.2) is 4.77 Å². The van der Waals surface area contributed by atoms with Crippen LogP contribution in [0.2, 0.25) is 0 Å². The Hall–Kier alpha value is -0.840. The molecule has 1 aromatic heterocycles. The first-order valence-corrected chi connectivity index (χ1v) is 6.34. The number of piperidine rings is 1. The SMILES string of the molecule is CCn1c(N2CCCC(C)(C)C2)n[nH]c1=S. The van der Waals surface area contributed by atoms with Gasteiger partial charge in [0.25, 0.3) is 0 Å². The molecular formula is C11H20N4S. The predicted molar refractivity (Wildman–Crippen MR) is 68.3 cm³/mol. The number of hydrogen-bond acceptors (Lipinski definition) is 3. The van der Waals surface area contributed by atoms with E-state index in [1.807, 2.05) is 0 Å². The Kier molecular flexibility index (Phi) is 3.06. The molecule has 0 aromatic carbocycles. The number of H-pyrrole nitrogens is 1. The third-order valence-electron chi connectivity index (χ3n) is 3.24. The van der Waals surface area contributed by atoms with E-state index in [9.17, 15) is 0 Å². The van der Waals surface area contributed by atoms with Gasteiger partial charge < -0.3 is 4.90 Å². The van der Waals surface area contributed by atoms with Crippen LogP contribution in [-0.4, -0.2) is 27.9 Å². The highest BCUT2D eigenvalue weighted by Gasteiger charge is 2.28. The van der Waals surface area contributed by atoms with E-state index >= 15 is 0 Å². The molecule has 0 bridgehead atoms. The highest BCUT2D eigenvalue weighted by atomic mass is 32.1. The van der Waals surface area contributed by atoms with Crippen LogP contribution in [0.15, 0.2) is 0 Å². The fourth-order valence-corrected chi connectivity index (χ4v) is 2.69. The Morgan fingerprint density at radius 3 is 2.88 bits per heavy atom. The summed E-state index contributed by atoms with van der Waals surface area (Å²) >= 11 is 5.22. The summed E-state index contributed by atoms with van der Waals surface area (Å²) in [6, 6.07) is 0. The first-order valence-electron chi connectivity index (χ1n) is 5.94. The van der Waals surface area contributed by atoms with E-state index in [0.717, 1.165) is 30.4 Å². The summed E-state index contributed by atoms with van der Waals surface area (Å²) < 4.78 is 2.79. The second-order valence-corrected chi connectivity index (χ2v) is 5.65. The quantitative estimate of drug-likeness (QED) is 0.807. The average Bonchev–Trinajstić information content (AvgIpc) is 2.58. The standard InChI is InChI=1S/C11H20N4S/c1-4-15-9(12-13-10(15)16)14-7-5-6-11(2,3)8-14/h4-8H2,1-3H3,(H,13,16). The molecule has 90 valence electrons. The summed E-state index contributed by atoms with van der Waals surface area (Å²) in [4.78, 5) is 2.35. The highest BCUT2D eigenvalue weighted by Crippen LogP contribution is 2.30. The van der Waals surface area contributed by atoms with E-state index < -0.39 is 0 Å². The van der Waals surface area contributed by atoms with Crippen molar-refractivity contribution in [3.63, 3.8) is 0 Å². The molecule has 1 aliphatic heterocycles. The van der Waals surface area contributed by atoms with Crippen molar-refractivity contribution in [3.8, 4) is 0 Å². The molecule has 2 rings (SSSR count). The molecule has 1 aliphatic rings. The number of anilines is 1. The third kappa shape index (κ3) is 2.14. The van der Waals surface area contributed by atoms with Gasteiger partial charge in [-0.25, -0.2) is 5.10 Å². The number of nitrogens with one attached hydrogen (secondary N) is 1. The molecule has 1 saturated heterocycles. The van der Waals surface area contributed by atoms with Crippen molar-refractivity contribution in [2.75, 3.05) is 18.0 Å². The lowest BCUT2D eigenvalue weighted by Gasteiger charge is -2.38. The molecule has 1 aromatic rings. The van der Waals surface area contributed by atoms with E-state index in [1.165, 1.54) is 12.8 Å². The maximum absolute atomic E-state index is 5.22. The number of aromatic amines is 1. The fourth-order valence-electron chi connectivity index (χ4n) is 2.43. The van der Waals surface area contributed by atoms with Crippen LogP contribution in [0.25, 0.3) is 0 Å². The molecule has 16 heavy (non-hydrogen) atoms. The summed E-state index contributed by atoms with van der Waals surface area (Å²) in [5, 5.41) is 7.23. The molecule has 0 saturated carbocycles. The molecule has 2 heterocycles. The molecule has 0 unspecified atom stereocenters. The third-order valence-corrected chi connectivity index (χ3v) is 3.55. The van der Waals surface area contributed by atoms with Crippen molar-refractivity contribution < 1.29 is 0 Å². The largest absolute Gasteiger partial charge is 0.340 e. The van der Waals surface area contributed by atoms with E-state index in [4.69, 9.17) is 12.2 Å². The minimum Gasteiger partial charge on any atom is -0.340 e. The summed E-state index contributed by atoms with van der Waals surface area (Å²) in [5.74, 6) is 1.00. The Morgan fingerprint density at radius 2 is 2.25 bits per heavy atom. The second kappa shape index (κ2) is 4.20. The number of nitrogens with zero attached hydrogens (tertiary/aromatic N) is 3. The molecular weight excluding hydrogens is 220 g/mol. The van der Waals surface area contributed by atoms with Crippen LogP contribution < -0.4 is 4.90 Å². The van der Waals surface area contributed by atoms with Gasteiger partial charge in [0.1, 0.15) is 0 Å². The first-order chi connectivity index (χ1) is 7.53. The van der Waals surface area contributed by atoms with Crippen LogP contribution in [-0.2, 0) is 6.54 Å². The monoisotopic (exact) mass is 240 g/mol. The van der Waals surface area contributed by atoms with Crippen molar-refractivity contribution in [2.24, 2.45) is 5.41 Å². The summed E-state index contributed by atoms with van der Waals surface area (Å²) in [6.45, 7) is 9.76. The molecule has 4 nitrogen and oxygen atoms in total. The lowest BCUT2D eigenvalue weighted by molar-refractivity contribution is 0.289. The molecule has 0 atom stereocenters. The fraction of sp³-hybridized carbons (Fsp3) is 0.818. The van der Waals surface area contributed by atoms with E-state index in [-0.39, 0.29) is 0 Å². The Labute approximate surface area is 102 Å². The lowest BCUT2D eigenvalue weighted by atomic mass is 9.84. The molecule has 0 spiro atoms. The van der Waals surface area contributed by atoms with Gasteiger partial charge in [-0.15, -0.1) is 5.10 Å². The van der Waals surface area contributed by atoms with Crippen LogP contribution >= 0.6 is 12.2 Å². The molecule has 0 aliphatic carbocycles. The van der Waals surface area contributed by atoms with Crippen LogP contribution in [0, 0.1) is 10.2 Å². The molecule has 0 amide bonds. The Bertz CT molecular complexity index is 418. The Balaban J connectivity index is 2.27. The zero-order chi connectivity index (χ0) is 11.8. The van der Waals surface area contributed by atoms with Crippen molar-refractivity contribution >= 4 is 18.2 Å². The van der Waals surface area contributed by atoms with Gasteiger partial charge in [0.05, 0.1) is 0 Å². The highest BCUT2D eigenvalue weighted by molar-refractivity contribution is 7.71. The van der Waals surface area contributed by atoms with Gasteiger partial charge in [-0.1, -0.05) is 13.8 Å². The Morgan fingerprint density at radius 1 is 1.50 bits per heavy atom. The van der Waals surface area contributed by atoms with Crippen molar-refractivity contribution in [1.29, 1.82) is 0 Å². The van der Waals surface area contributed by atoms with Gasteiger partial charge >= 0.3 is 0 Å². The van der Waals surface area contributed by atoms with Gasteiger partial charge in [-0.3, -0.25) is 4.57 Å². The van der Waals surface area contributed by atoms with Crippen molar-refractivity contribution in [1.82, 2.24) is 14.8 Å². The summed E-state index contributed by atoms with van der Waals surface area (Å²) in [5.41, 5.74) is 0.379. The van der Waals surface area contributed by atoms with Crippen LogP contribution in [0.4, 0.5) is 5.95 Å². The summed E-state index contributed by atoms with van der Waals surface area (Å²) in [6.07, 6.45) is 2.52. The minimum absolute atomic E-state index is 0.379. The normalized spacial score (nSPS) is 20.1. The zero-order valence-electron chi connectivity index (χ0n) is 10.3. The first kappa shape index (κ1) is 11.6. The van der Waals surface area contributed by atoms with Gasteiger partial charge in [0.2, 0.25) is 5.95 Å². The predicted octanol–water partition coefficient (Wildman–Crippen LogP) is 2.59. The van der Waals surface area contributed by atoms with Crippen molar-refractivity contribution in [3.05, 3.63) is 4.77 Å². The molecule has 1 N–H and O–H groups in total. The molecule has 5 heteroatoms.